The van der Waals surface area contributed by atoms with Gasteiger partial charge in [-0.15, -0.1) is 0 Å². The van der Waals surface area contributed by atoms with Crippen LogP contribution in [0.15, 0.2) is 84.1 Å². The highest BCUT2D eigenvalue weighted by Gasteiger charge is 2.42. The Labute approximate surface area is 234 Å². The average molecular weight is 554 g/mol. The first-order valence-corrected chi connectivity index (χ1v) is 14.7. The van der Waals surface area contributed by atoms with Gasteiger partial charge in [-0.2, -0.15) is 5.10 Å². The fraction of sp³-hybridized carbons (Fsp3) is 0.290. The normalized spacial score (nSPS) is 18.0. The van der Waals surface area contributed by atoms with Crippen LogP contribution in [0.25, 0.3) is 38.7 Å². The standard InChI is InChI=1S/C31H30N4O4S/c36-40(37)29-13-12-26(25-6-2-3-7-27(25)29)28-17-33-35-18-23(16-32-30(28)35)22-8-10-24(11-9-22)39-31(20-38-21-31)19-34-14-4-1-5-15-34/h2-3,6-13,16-18H,1,4-5,14-15,19-21H2,(H,36,37)/p-1. The Balaban J connectivity index is 1.14. The van der Waals surface area contributed by atoms with Gasteiger partial charge in [0.1, 0.15) is 5.75 Å². The number of hydrogen-bond donors (Lipinski definition) is 0. The summed E-state index contributed by atoms with van der Waals surface area (Å²) in [4.78, 5) is 7.53. The van der Waals surface area contributed by atoms with Crippen LogP contribution in [0.4, 0.5) is 0 Å². The van der Waals surface area contributed by atoms with Gasteiger partial charge in [0.15, 0.2) is 11.2 Å². The van der Waals surface area contributed by atoms with Crippen LogP contribution in [0.1, 0.15) is 19.3 Å². The minimum atomic E-state index is -2.32. The number of piperidine rings is 1. The molecule has 3 aromatic carbocycles. The second-order valence-corrected chi connectivity index (χ2v) is 11.6. The van der Waals surface area contributed by atoms with Crippen LogP contribution in [0, 0.1) is 0 Å². The van der Waals surface area contributed by atoms with Gasteiger partial charge in [-0.1, -0.05) is 48.9 Å². The van der Waals surface area contributed by atoms with E-state index in [2.05, 4.69) is 10.00 Å². The lowest BCUT2D eigenvalue weighted by Crippen LogP contribution is -2.61. The Bertz CT molecular complexity index is 1710. The maximum absolute atomic E-state index is 11.7. The molecule has 0 bridgehead atoms. The highest BCUT2D eigenvalue weighted by molar-refractivity contribution is 7.79. The molecule has 1 unspecified atom stereocenters. The predicted molar refractivity (Wildman–Crippen MR) is 153 cm³/mol. The van der Waals surface area contributed by atoms with Crippen molar-refractivity contribution in [3.63, 3.8) is 0 Å². The van der Waals surface area contributed by atoms with Crippen LogP contribution in [-0.4, -0.2) is 66.7 Å². The predicted octanol–water partition coefficient (Wildman–Crippen LogP) is 5.09. The summed E-state index contributed by atoms with van der Waals surface area (Å²) in [6.45, 7) is 4.43. The van der Waals surface area contributed by atoms with E-state index in [1.54, 1.807) is 16.8 Å². The maximum Gasteiger partial charge on any atom is 0.168 e. The third-order valence-electron chi connectivity index (χ3n) is 7.92. The van der Waals surface area contributed by atoms with E-state index in [1.807, 2.05) is 67.0 Å². The molecule has 1 atom stereocenters. The van der Waals surface area contributed by atoms with Gasteiger partial charge in [0.25, 0.3) is 0 Å². The molecule has 204 valence electrons. The summed E-state index contributed by atoms with van der Waals surface area (Å²) < 4.78 is 37.3. The number of hydrogen-bond acceptors (Lipinski definition) is 7. The van der Waals surface area contributed by atoms with Crippen LogP contribution in [0.3, 0.4) is 0 Å². The third kappa shape index (κ3) is 4.69. The molecule has 0 radical (unpaired) electrons. The van der Waals surface area contributed by atoms with E-state index in [0.717, 1.165) is 53.0 Å². The molecule has 9 heteroatoms. The lowest BCUT2D eigenvalue weighted by molar-refractivity contribution is -0.172. The molecule has 8 nitrogen and oxygen atoms in total. The van der Waals surface area contributed by atoms with Gasteiger partial charge in [-0.25, -0.2) is 9.50 Å². The van der Waals surface area contributed by atoms with E-state index in [4.69, 9.17) is 14.5 Å². The summed E-state index contributed by atoms with van der Waals surface area (Å²) in [6.07, 6.45) is 9.42. The smallest absolute Gasteiger partial charge is 0.168 e. The molecular weight excluding hydrogens is 524 g/mol. The zero-order valence-corrected chi connectivity index (χ0v) is 22.8. The lowest BCUT2D eigenvalue weighted by atomic mass is 9.99. The number of nitrogens with zero attached hydrogens (tertiary/aromatic N) is 4. The highest BCUT2D eigenvalue weighted by atomic mass is 32.2. The first-order valence-electron chi connectivity index (χ1n) is 13.6. The van der Waals surface area contributed by atoms with Crippen molar-refractivity contribution in [1.29, 1.82) is 0 Å². The fourth-order valence-corrected chi connectivity index (χ4v) is 6.40. The number of ether oxygens (including phenoxy) is 2. The number of likely N-dealkylation sites (tertiary alicyclic amines) is 1. The van der Waals surface area contributed by atoms with Crippen LogP contribution >= 0.6 is 0 Å². The number of rotatable bonds is 7. The van der Waals surface area contributed by atoms with E-state index >= 15 is 0 Å². The van der Waals surface area contributed by atoms with Crippen LogP contribution in [0.5, 0.6) is 5.75 Å². The van der Waals surface area contributed by atoms with E-state index in [1.165, 1.54) is 19.3 Å². The van der Waals surface area contributed by atoms with Crippen molar-refractivity contribution < 1.29 is 18.2 Å². The van der Waals surface area contributed by atoms with E-state index in [9.17, 15) is 8.76 Å². The Kier molecular flexibility index (Phi) is 6.59. The Morgan fingerprint density at radius 3 is 2.40 bits per heavy atom. The van der Waals surface area contributed by atoms with Crippen molar-refractivity contribution >= 4 is 27.5 Å². The van der Waals surface area contributed by atoms with Gasteiger partial charge in [0, 0.05) is 35.0 Å². The topological polar surface area (TPSA) is 92.0 Å². The van der Waals surface area contributed by atoms with Crippen molar-refractivity contribution in [3.8, 4) is 28.0 Å². The Morgan fingerprint density at radius 1 is 0.900 bits per heavy atom. The first kappa shape index (κ1) is 25.3. The molecular formula is C31H29N4O4S-. The summed E-state index contributed by atoms with van der Waals surface area (Å²) in [5.41, 5.74) is 4.12. The summed E-state index contributed by atoms with van der Waals surface area (Å²) in [6, 6.07) is 19.1. The van der Waals surface area contributed by atoms with Crippen molar-refractivity contribution in [1.82, 2.24) is 19.5 Å². The van der Waals surface area contributed by atoms with Crippen LogP contribution < -0.4 is 4.74 Å². The quantitative estimate of drug-likeness (QED) is 0.259. The molecule has 2 saturated heterocycles. The molecule has 2 aliphatic heterocycles. The maximum atomic E-state index is 11.7. The monoisotopic (exact) mass is 553 g/mol. The molecule has 0 N–H and O–H groups in total. The number of benzene rings is 3. The minimum absolute atomic E-state index is 0.268. The summed E-state index contributed by atoms with van der Waals surface area (Å²) in [5.74, 6) is 0.841. The van der Waals surface area contributed by atoms with Crippen LogP contribution in [0.2, 0.25) is 0 Å². The molecule has 2 aromatic heterocycles. The van der Waals surface area contributed by atoms with Crippen molar-refractivity contribution in [2.75, 3.05) is 32.8 Å². The molecule has 2 aliphatic rings. The van der Waals surface area contributed by atoms with Gasteiger partial charge < -0.3 is 14.0 Å². The fourth-order valence-electron chi connectivity index (χ4n) is 5.87. The zero-order valence-electron chi connectivity index (χ0n) is 22.0. The first-order chi connectivity index (χ1) is 19.6. The molecule has 0 saturated carbocycles. The summed E-state index contributed by atoms with van der Waals surface area (Å²) in [5, 5.41) is 6.10. The molecule has 0 aliphatic carbocycles. The SMILES string of the molecule is O=S([O-])c1ccc(-c2cnn3cc(-c4ccc(OC5(CN6CCCCC6)COC5)cc4)cnc23)c2ccccc12. The van der Waals surface area contributed by atoms with Gasteiger partial charge in [-0.3, -0.25) is 9.11 Å². The van der Waals surface area contributed by atoms with Gasteiger partial charge in [-0.05, 0) is 77.1 Å². The minimum Gasteiger partial charge on any atom is -0.768 e. The van der Waals surface area contributed by atoms with Gasteiger partial charge >= 0.3 is 0 Å². The second kappa shape index (κ2) is 10.4. The molecule has 40 heavy (non-hydrogen) atoms. The highest BCUT2D eigenvalue weighted by Crippen LogP contribution is 2.35. The lowest BCUT2D eigenvalue weighted by Gasteiger charge is -2.45. The Hall–Kier alpha value is -3.63. The van der Waals surface area contributed by atoms with Crippen LogP contribution in [-0.2, 0) is 15.8 Å². The van der Waals surface area contributed by atoms with E-state index in [0.29, 0.717) is 24.2 Å². The summed E-state index contributed by atoms with van der Waals surface area (Å²) >= 11 is -2.32. The molecule has 4 heterocycles. The van der Waals surface area contributed by atoms with Gasteiger partial charge in [0.05, 0.1) is 19.4 Å². The summed E-state index contributed by atoms with van der Waals surface area (Å²) in [7, 11) is 0. The number of fused-ring (bicyclic) bond motifs is 2. The van der Waals surface area contributed by atoms with Crippen molar-refractivity contribution in [3.05, 3.63) is 79.3 Å². The largest absolute Gasteiger partial charge is 0.768 e. The average Bonchev–Trinajstić information content (AvgIpc) is 3.39. The molecule has 7 rings (SSSR count). The van der Waals surface area contributed by atoms with E-state index < -0.39 is 11.1 Å². The molecule has 0 amide bonds. The van der Waals surface area contributed by atoms with Crippen molar-refractivity contribution in [2.24, 2.45) is 0 Å². The molecule has 5 aromatic rings. The molecule has 0 spiro atoms. The third-order valence-corrected chi connectivity index (χ3v) is 8.64. The van der Waals surface area contributed by atoms with Gasteiger partial charge in [0.2, 0.25) is 0 Å². The molecule has 2 fully saturated rings. The van der Waals surface area contributed by atoms with E-state index in [-0.39, 0.29) is 10.5 Å². The zero-order chi connectivity index (χ0) is 27.1. The Morgan fingerprint density at radius 2 is 1.68 bits per heavy atom. The second-order valence-electron chi connectivity index (χ2n) is 10.7. The van der Waals surface area contributed by atoms with Crippen molar-refractivity contribution in [2.45, 2.75) is 29.8 Å². The number of aromatic nitrogens is 3.